The number of nitrogens with zero attached hydrogens (tertiary/aromatic N) is 1. The van der Waals surface area contributed by atoms with E-state index < -0.39 is 5.97 Å². The van der Waals surface area contributed by atoms with Crippen LogP contribution in [0, 0.1) is 0 Å². The molecule has 0 saturated carbocycles. The van der Waals surface area contributed by atoms with Crippen molar-refractivity contribution >= 4 is 17.8 Å². The Bertz CT molecular complexity index is 178. The fraction of sp³-hybridized carbons (Fsp3) is 0.625. The van der Waals surface area contributed by atoms with Gasteiger partial charge in [-0.3, -0.25) is 0 Å². The molecule has 0 saturated heterocycles. The van der Waals surface area contributed by atoms with E-state index in [0.717, 1.165) is 13.0 Å². The van der Waals surface area contributed by atoms with Crippen LogP contribution < -0.4 is 0 Å². The van der Waals surface area contributed by atoms with Crippen molar-refractivity contribution in [2.24, 2.45) is 0 Å². The molecule has 0 radical (unpaired) electrons. The fourth-order valence-corrected chi connectivity index (χ4v) is 0.805. The van der Waals surface area contributed by atoms with E-state index in [-0.39, 0.29) is 0 Å². The maximum absolute atomic E-state index is 10.8. The first kappa shape index (κ1) is 11.5. The molecule has 0 N–H and O–H groups in total. The standard InChI is InChI=1S/C8H14ClNO2/c1-7(8(11)12-9)5-4-6-10(2)3/h5H,4,6H2,1-3H3. The molecule has 0 unspecified atom stereocenters. The van der Waals surface area contributed by atoms with Crippen LogP contribution in [0.15, 0.2) is 11.6 Å². The molecule has 0 amide bonds. The molecule has 0 aromatic carbocycles. The summed E-state index contributed by atoms with van der Waals surface area (Å²) in [6.45, 7) is 2.59. The van der Waals surface area contributed by atoms with Crippen LogP contribution in [0.4, 0.5) is 0 Å². The number of hydrogen-bond acceptors (Lipinski definition) is 3. The van der Waals surface area contributed by atoms with Crippen molar-refractivity contribution in [2.45, 2.75) is 13.3 Å². The van der Waals surface area contributed by atoms with E-state index in [2.05, 4.69) is 4.29 Å². The molecule has 0 aliphatic carbocycles. The Labute approximate surface area is 78.1 Å². The van der Waals surface area contributed by atoms with Crippen molar-refractivity contribution < 1.29 is 9.08 Å². The van der Waals surface area contributed by atoms with E-state index in [1.807, 2.05) is 25.1 Å². The molecular formula is C8H14ClNO2. The van der Waals surface area contributed by atoms with Gasteiger partial charge in [0, 0.05) is 12.1 Å². The number of hydrogen-bond donors (Lipinski definition) is 0. The minimum absolute atomic E-state index is 0.476. The summed E-state index contributed by atoms with van der Waals surface area (Å²) in [5.41, 5.74) is 0.548. The van der Waals surface area contributed by atoms with Gasteiger partial charge in [0.25, 0.3) is 0 Å². The molecule has 0 aliphatic rings. The van der Waals surface area contributed by atoms with Gasteiger partial charge in [0.1, 0.15) is 11.9 Å². The van der Waals surface area contributed by atoms with Crippen molar-refractivity contribution in [3.8, 4) is 0 Å². The second-order valence-corrected chi connectivity index (χ2v) is 3.00. The Balaban J connectivity index is 3.76. The first-order valence-corrected chi connectivity index (χ1v) is 4.03. The highest BCUT2D eigenvalue weighted by molar-refractivity contribution is 6.15. The zero-order valence-corrected chi connectivity index (χ0v) is 8.39. The van der Waals surface area contributed by atoms with Crippen LogP contribution in [0.25, 0.3) is 0 Å². The summed E-state index contributed by atoms with van der Waals surface area (Å²) < 4.78 is 4.02. The first-order chi connectivity index (χ1) is 5.57. The van der Waals surface area contributed by atoms with E-state index in [9.17, 15) is 4.79 Å². The quantitative estimate of drug-likeness (QED) is 0.632. The highest BCUT2D eigenvalue weighted by atomic mass is 35.5. The average Bonchev–Trinajstić information content (AvgIpc) is 2.02. The van der Waals surface area contributed by atoms with Crippen LogP contribution in [0.5, 0.6) is 0 Å². The lowest BCUT2D eigenvalue weighted by atomic mass is 10.2. The molecule has 3 nitrogen and oxygen atoms in total. The molecule has 0 fully saturated rings. The SMILES string of the molecule is CC(=CCCN(C)C)C(=O)OCl. The molecule has 70 valence electrons. The van der Waals surface area contributed by atoms with E-state index >= 15 is 0 Å². The maximum atomic E-state index is 10.8. The third kappa shape index (κ3) is 5.16. The van der Waals surface area contributed by atoms with Crippen molar-refractivity contribution in [2.75, 3.05) is 20.6 Å². The molecule has 4 heteroatoms. The average molecular weight is 192 g/mol. The van der Waals surface area contributed by atoms with Gasteiger partial charge >= 0.3 is 5.97 Å². The molecule has 12 heavy (non-hydrogen) atoms. The van der Waals surface area contributed by atoms with Gasteiger partial charge in [-0.15, -0.1) is 0 Å². The Kier molecular flexibility index (Phi) is 5.76. The van der Waals surface area contributed by atoms with Gasteiger partial charge in [-0.1, -0.05) is 6.08 Å². The molecular weight excluding hydrogens is 178 g/mol. The summed E-state index contributed by atoms with van der Waals surface area (Å²) in [7, 11) is 3.95. The van der Waals surface area contributed by atoms with Crippen LogP contribution in [0.2, 0.25) is 0 Å². The summed E-state index contributed by atoms with van der Waals surface area (Å²) in [6, 6.07) is 0. The highest BCUT2D eigenvalue weighted by Gasteiger charge is 2.02. The summed E-state index contributed by atoms with van der Waals surface area (Å²) in [5, 5.41) is 0. The van der Waals surface area contributed by atoms with Crippen LogP contribution in [-0.4, -0.2) is 31.5 Å². The molecule has 0 atom stereocenters. The fourth-order valence-electron chi connectivity index (χ4n) is 0.683. The number of rotatable bonds is 4. The predicted molar refractivity (Wildman–Crippen MR) is 48.9 cm³/mol. The van der Waals surface area contributed by atoms with Crippen molar-refractivity contribution in [1.29, 1.82) is 0 Å². The largest absolute Gasteiger partial charge is 0.351 e. The molecule has 0 aromatic rings. The van der Waals surface area contributed by atoms with Gasteiger partial charge < -0.3 is 9.19 Å². The van der Waals surface area contributed by atoms with E-state index in [1.165, 1.54) is 0 Å². The molecule has 0 bridgehead atoms. The summed E-state index contributed by atoms with van der Waals surface area (Å²) in [4.78, 5) is 12.8. The topological polar surface area (TPSA) is 29.5 Å². The van der Waals surface area contributed by atoms with Crippen molar-refractivity contribution in [3.05, 3.63) is 11.6 Å². The smallest absolute Gasteiger partial charge is 0.343 e. The van der Waals surface area contributed by atoms with Crippen molar-refractivity contribution in [3.63, 3.8) is 0 Å². The zero-order chi connectivity index (χ0) is 9.56. The van der Waals surface area contributed by atoms with Gasteiger partial charge in [0.15, 0.2) is 0 Å². The van der Waals surface area contributed by atoms with Gasteiger partial charge in [-0.2, -0.15) is 0 Å². The first-order valence-electron chi connectivity index (χ1n) is 3.72. The highest BCUT2D eigenvalue weighted by Crippen LogP contribution is 2.00. The van der Waals surface area contributed by atoms with E-state index in [1.54, 1.807) is 6.92 Å². The Morgan fingerprint density at radius 3 is 2.58 bits per heavy atom. The summed E-state index contributed by atoms with van der Waals surface area (Å²) >= 11 is 4.89. The lowest BCUT2D eigenvalue weighted by Gasteiger charge is -2.06. The Hall–Kier alpha value is -0.540. The Morgan fingerprint density at radius 2 is 2.17 bits per heavy atom. The predicted octanol–water partition coefficient (Wildman–Crippen LogP) is 1.58. The second kappa shape index (κ2) is 6.03. The third-order valence-corrected chi connectivity index (χ3v) is 1.56. The van der Waals surface area contributed by atoms with E-state index in [0.29, 0.717) is 5.57 Å². The van der Waals surface area contributed by atoms with Crippen LogP contribution in [0.3, 0.4) is 0 Å². The minimum atomic E-state index is -0.476. The van der Waals surface area contributed by atoms with Crippen molar-refractivity contribution in [1.82, 2.24) is 4.90 Å². The van der Waals surface area contributed by atoms with Gasteiger partial charge in [-0.05, 0) is 27.4 Å². The molecule has 0 aromatic heterocycles. The third-order valence-electron chi connectivity index (χ3n) is 1.42. The number of halogens is 1. The van der Waals surface area contributed by atoms with Crippen LogP contribution in [0.1, 0.15) is 13.3 Å². The second-order valence-electron chi connectivity index (χ2n) is 2.84. The monoisotopic (exact) mass is 191 g/mol. The number of carbonyl (C=O) groups is 1. The zero-order valence-electron chi connectivity index (χ0n) is 7.63. The van der Waals surface area contributed by atoms with E-state index in [4.69, 9.17) is 11.9 Å². The van der Waals surface area contributed by atoms with Gasteiger partial charge in [-0.25, -0.2) is 4.79 Å². The minimum Gasteiger partial charge on any atom is -0.343 e. The molecule has 0 rings (SSSR count). The van der Waals surface area contributed by atoms with Crippen LogP contribution in [-0.2, 0) is 9.08 Å². The number of carbonyl (C=O) groups excluding carboxylic acids is 1. The summed E-state index contributed by atoms with van der Waals surface area (Å²) in [6.07, 6.45) is 2.63. The molecule has 0 heterocycles. The van der Waals surface area contributed by atoms with Gasteiger partial charge in [0.05, 0.1) is 0 Å². The molecule has 0 spiro atoms. The summed E-state index contributed by atoms with van der Waals surface area (Å²) in [5.74, 6) is -0.476. The lowest BCUT2D eigenvalue weighted by molar-refractivity contribution is -0.129. The van der Waals surface area contributed by atoms with Gasteiger partial charge in [0.2, 0.25) is 0 Å². The lowest BCUT2D eigenvalue weighted by Crippen LogP contribution is -2.12. The Morgan fingerprint density at radius 1 is 1.58 bits per heavy atom. The van der Waals surface area contributed by atoms with Crippen LogP contribution >= 0.6 is 11.9 Å². The molecule has 0 aliphatic heterocycles. The maximum Gasteiger partial charge on any atom is 0.351 e. The normalized spacial score (nSPS) is 11.9.